The molecule has 24 heavy (non-hydrogen) atoms. The van der Waals surface area contributed by atoms with Crippen molar-refractivity contribution in [3.05, 3.63) is 62.3 Å². The fraction of sp³-hybridized carbons (Fsp3) is 0.267. The molecule has 0 aliphatic carbocycles. The Hall–Kier alpha value is -2.84. The lowest BCUT2D eigenvalue weighted by molar-refractivity contribution is -0.137. The Balaban J connectivity index is 2.26. The van der Waals surface area contributed by atoms with Crippen molar-refractivity contribution in [2.75, 3.05) is 11.6 Å². The van der Waals surface area contributed by atoms with Crippen LogP contribution < -0.4 is 16.3 Å². The van der Waals surface area contributed by atoms with Gasteiger partial charge in [-0.05, 0) is 24.6 Å². The highest BCUT2D eigenvalue weighted by atomic mass is 19.4. The van der Waals surface area contributed by atoms with Gasteiger partial charge in [0, 0.05) is 19.7 Å². The van der Waals surface area contributed by atoms with E-state index in [0.29, 0.717) is 12.1 Å². The minimum atomic E-state index is -4.39. The Bertz CT molecular complexity index is 819. The number of nitrogens with one attached hydrogen (secondary N) is 1. The number of aromatic amines is 1. The molecule has 0 radical (unpaired) electrons. The lowest BCUT2D eigenvalue weighted by Gasteiger charge is -2.16. The molecule has 1 heterocycles. The number of aromatic nitrogens is 2. The largest absolute Gasteiger partial charge is 0.416 e. The molecule has 0 saturated carbocycles. The molecule has 1 N–H and O–H groups in total. The monoisotopic (exact) mass is 340 g/mol. The van der Waals surface area contributed by atoms with Crippen molar-refractivity contribution >= 4 is 12.0 Å². The van der Waals surface area contributed by atoms with Gasteiger partial charge in [0.2, 0.25) is 0 Å². The smallest absolute Gasteiger partial charge is 0.292 e. The number of hydrogen-bond donors (Lipinski definition) is 1. The number of anilines is 1. The minimum Gasteiger partial charge on any atom is -0.292 e. The predicted octanol–water partition coefficient (Wildman–Crippen LogP) is 1.95. The zero-order valence-electron chi connectivity index (χ0n) is 13.0. The van der Waals surface area contributed by atoms with E-state index in [4.69, 9.17) is 0 Å². The summed E-state index contributed by atoms with van der Waals surface area (Å²) in [6.45, 7) is 2.10. The van der Waals surface area contributed by atoms with E-state index in [1.54, 1.807) is 6.92 Å². The summed E-state index contributed by atoms with van der Waals surface area (Å²) >= 11 is 0. The molecule has 2 rings (SSSR count). The van der Waals surface area contributed by atoms with Crippen molar-refractivity contribution in [3.8, 4) is 0 Å². The second-order valence-electron chi connectivity index (χ2n) is 4.94. The van der Waals surface area contributed by atoms with E-state index in [1.165, 1.54) is 36.5 Å². The van der Waals surface area contributed by atoms with Gasteiger partial charge in [-0.25, -0.2) is 9.80 Å². The predicted molar refractivity (Wildman–Crippen MR) is 84.4 cm³/mol. The SMILES string of the molecule is CCN(/N=C/c1ccc(C(F)(F)F)cc1)c1cc(=O)n(C)c(=O)[nH]1. The average Bonchev–Trinajstić information content (AvgIpc) is 2.52. The molecule has 0 unspecified atom stereocenters. The maximum absolute atomic E-state index is 12.5. The van der Waals surface area contributed by atoms with Crippen molar-refractivity contribution in [3.63, 3.8) is 0 Å². The second-order valence-corrected chi connectivity index (χ2v) is 4.94. The third kappa shape index (κ3) is 3.92. The molecular formula is C15H15F3N4O2. The van der Waals surface area contributed by atoms with E-state index in [1.807, 2.05) is 0 Å². The number of hydrogen-bond acceptors (Lipinski definition) is 4. The first-order valence-electron chi connectivity index (χ1n) is 7.01. The Morgan fingerprint density at radius 3 is 2.38 bits per heavy atom. The van der Waals surface area contributed by atoms with Crippen LogP contribution in [-0.2, 0) is 13.2 Å². The first kappa shape index (κ1) is 17.5. The molecule has 2 aromatic rings. The van der Waals surface area contributed by atoms with Crippen LogP contribution in [0.3, 0.4) is 0 Å². The molecule has 1 aromatic heterocycles. The third-order valence-corrected chi connectivity index (χ3v) is 3.29. The molecule has 0 saturated heterocycles. The van der Waals surface area contributed by atoms with E-state index >= 15 is 0 Å². The van der Waals surface area contributed by atoms with E-state index in [-0.39, 0.29) is 5.82 Å². The summed E-state index contributed by atoms with van der Waals surface area (Å²) in [6.07, 6.45) is -3.05. The van der Waals surface area contributed by atoms with Gasteiger partial charge in [-0.1, -0.05) is 12.1 Å². The molecule has 6 nitrogen and oxygen atoms in total. The number of rotatable bonds is 4. The molecule has 0 amide bonds. The maximum Gasteiger partial charge on any atom is 0.416 e. The Labute approximate surface area is 134 Å². The summed E-state index contributed by atoms with van der Waals surface area (Å²) in [5.74, 6) is 0.203. The Morgan fingerprint density at radius 1 is 1.25 bits per heavy atom. The van der Waals surface area contributed by atoms with Gasteiger partial charge in [0.05, 0.1) is 11.8 Å². The minimum absolute atomic E-state index is 0.203. The summed E-state index contributed by atoms with van der Waals surface area (Å²) in [4.78, 5) is 25.8. The summed E-state index contributed by atoms with van der Waals surface area (Å²) in [5, 5.41) is 5.46. The third-order valence-electron chi connectivity index (χ3n) is 3.29. The summed E-state index contributed by atoms with van der Waals surface area (Å²) in [6, 6.07) is 5.70. The highest BCUT2D eigenvalue weighted by Crippen LogP contribution is 2.28. The summed E-state index contributed by atoms with van der Waals surface area (Å²) < 4.78 is 38.4. The molecule has 0 spiro atoms. The molecule has 9 heteroatoms. The molecule has 0 bridgehead atoms. The van der Waals surface area contributed by atoms with Crippen LogP contribution in [0.1, 0.15) is 18.1 Å². The number of hydrazone groups is 1. The standard InChI is InChI=1S/C15H15F3N4O2/c1-3-22(12-8-13(23)21(2)14(24)20-12)19-9-10-4-6-11(7-5-10)15(16,17)18/h4-9H,3H2,1-2H3,(H,20,24)/b19-9+. The normalized spacial score (nSPS) is 11.9. The lowest BCUT2D eigenvalue weighted by atomic mass is 10.1. The number of nitrogens with zero attached hydrogens (tertiary/aromatic N) is 3. The quantitative estimate of drug-likeness (QED) is 0.683. The Kier molecular flexibility index (Phi) is 4.91. The van der Waals surface area contributed by atoms with Crippen LogP contribution >= 0.6 is 0 Å². The van der Waals surface area contributed by atoms with Crippen LogP contribution in [-0.4, -0.2) is 22.3 Å². The van der Waals surface area contributed by atoms with Crippen LogP contribution in [0.15, 0.2) is 45.0 Å². The summed E-state index contributed by atoms with van der Waals surface area (Å²) in [7, 11) is 1.34. The molecule has 0 aliphatic rings. The number of benzene rings is 1. The van der Waals surface area contributed by atoms with Crippen molar-refractivity contribution in [2.24, 2.45) is 12.1 Å². The van der Waals surface area contributed by atoms with E-state index in [0.717, 1.165) is 16.7 Å². The number of alkyl halides is 3. The Morgan fingerprint density at radius 2 is 1.88 bits per heavy atom. The van der Waals surface area contributed by atoms with Crippen LogP contribution in [0.4, 0.5) is 19.0 Å². The van der Waals surface area contributed by atoms with Crippen molar-refractivity contribution in [1.29, 1.82) is 0 Å². The first-order chi connectivity index (χ1) is 11.2. The number of halogens is 3. The topological polar surface area (TPSA) is 70.5 Å². The zero-order chi connectivity index (χ0) is 17.9. The fourth-order valence-corrected chi connectivity index (χ4v) is 1.89. The molecular weight excluding hydrogens is 325 g/mol. The highest BCUT2D eigenvalue weighted by Gasteiger charge is 2.29. The van der Waals surface area contributed by atoms with Crippen molar-refractivity contribution in [1.82, 2.24) is 9.55 Å². The van der Waals surface area contributed by atoms with Gasteiger partial charge in [0.25, 0.3) is 5.56 Å². The molecule has 0 aliphatic heterocycles. The van der Waals surface area contributed by atoms with Gasteiger partial charge < -0.3 is 0 Å². The molecule has 0 atom stereocenters. The van der Waals surface area contributed by atoms with Gasteiger partial charge >= 0.3 is 11.9 Å². The van der Waals surface area contributed by atoms with Gasteiger partial charge in [-0.3, -0.25) is 14.3 Å². The van der Waals surface area contributed by atoms with Gasteiger partial charge in [0.1, 0.15) is 5.82 Å². The highest BCUT2D eigenvalue weighted by molar-refractivity contribution is 5.80. The maximum atomic E-state index is 12.5. The van der Waals surface area contributed by atoms with Gasteiger partial charge in [0.15, 0.2) is 0 Å². The lowest BCUT2D eigenvalue weighted by Crippen LogP contribution is -2.34. The van der Waals surface area contributed by atoms with Crippen LogP contribution in [0, 0.1) is 0 Å². The van der Waals surface area contributed by atoms with Crippen molar-refractivity contribution < 1.29 is 13.2 Å². The molecule has 1 aromatic carbocycles. The van der Waals surface area contributed by atoms with E-state index in [9.17, 15) is 22.8 Å². The molecule has 128 valence electrons. The number of H-pyrrole nitrogens is 1. The van der Waals surface area contributed by atoms with E-state index < -0.39 is 23.0 Å². The van der Waals surface area contributed by atoms with Crippen molar-refractivity contribution in [2.45, 2.75) is 13.1 Å². The second kappa shape index (κ2) is 6.73. The molecule has 0 fully saturated rings. The van der Waals surface area contributed by atoms with Crippen LogP contribution in [0.5, 0.6) is 0 Å². The van der Waals surface area contributed by atoms with Gasteiger partial charge in [-0.2, -0.15) is 18.3 Å². The average molecular weight is 340 g/mol. The van der Waals surface area contributed by atoms with E-state index in [2.05, 4.69) is 10.1 Å². The van der Waals surface area contributed by atoms with Gasteiger partial charge in [-0.15, -0.1) is 0 Å². The zero-order valence-corrected chi connectivity index (χ0v) is 13.0. The fourth-order valence-electron chi connectivity index (χ4n) is 1.89. The van der Waals surface area contributed by atoms with Crippen LogP contribution in [0.25, 0.3) is 0 Å². The summed E-state index contributed by atoms with van der Waals surface area (Å²) in [5.41, 5.74) is -1.37. The van der Waals surface area contributed by atoms with Crippen LogP contribution in [0.2, 0.25) is 0 Å². The first-order valence-corrected chi connectivity index (χ1v) is 7.01.